The molecule has 6 heteroatoms. The van der Waals surface area contributed by atoms with E-state index in [2.05, 4.69) is 18.8 Å². The molecule has 26 heavy (non-hydrogen) atoms. The molecule has 0 saturated carbocycles. The lowest BCUT2D eigenvalue weighted by molar-refractivity contribution is 0.0473. The van der Waals surface area contributed by atoms with Crippen molar-refractivity contribution in [1.29, 1.82) is 0 Å². The van der Waals surface area contributed by atoms with E-state index in [4.69, 9.17) is 4.74 Å². The van der Waals surface area contributed by atoms with Gasteiger partial charge in [0.05, 0.1) is 5.69 Å². The first kappa shape index (κ1) is 18.3. The van der Waals surface area contributed by atoms with Crippen LogP contribution in [0.15, 0.2) is 35.3 Å². The normalized spacial score (nSPS) is 11.0. The maximum absolute atomic E-state index is 12.4. The van der Waals surface area contributed by atoms with Crippen LogP contribution in [0.1, 0.15) is 51.6 Å². The number of aryl methyl sites for hydroxylation is 3. The number of carbonyl (C=O) groups excluding carboxylic acids is 1. The average Bonchev–Trinajstić information content (AvgIpc) is 3.04. The molecule has 0 aliphatic carbocycles. The van der Waals surface area contributed by atoms with Gasteiger partial charge in [0.2, 0.25) is 0 Å². The summed E-state index contributed by atoms with van der Waals surface area (Å²) in [6.07, 6.45) is 4.61. The van der Waals surface area contributed by atoms with Gasteiger partial charge in [0.25, 0.3) is 5.56 Å². The van der Waals surface area contributed by atoms with Gasteiger partial charge in [0.15, 0.2) is 0 Å². The van der Waals surface area contributed by atoms with Crippen LogP contribution >= 0.6 is 11.3 Å². The number of hydrogen-bond acceptors (Lipinski definition) is 5. The second kappa shape index (κ2) is 7.83. The third-order valence-electron chi connectivity index (χ3n) is 4.25. The molecule has 3 heterocycles. The van der Waals surface area contributed by atoms with Crippen molar-refractivity contribution in [3.05, 3.63) is 67.4 Å². The Morgan fingerprint density at radius 2 is 2.12 bits per heavy atom. The molecule has 0 aliphatic rings. The largest absolute Gasteiger partial charge is 0.455 e. The van der Waals surface area contributed by atoms with E-state index < -0.39 is 0 Å². The number of pyridine rings is 1. The van der Waals surface area contributed by atoms with Crippen molar-refractivity contribution < 1.29 is 9.53 Å². The number of carbonyl (C=O) groups is 1. The van der Waals surface area contributed by atoms with E-state index >= 15 is 0 Å². The van der Waals surface area contributed by atoms with Crippen molar-refractivity contribution in [1.82, 2.24) is 9.38 Å². The lowest BCUT2D eigenvalue weighted by Gasteiger charge is -2.06. The lowest BCUT2D eigenvalue weighted by Crippen LogP contribution is -2.17. The highest BCUT2D eigenvalue weighted by atomic mass is 32.1. The van der Waals surface area contributed by atoms with E-state index in [1.54, 1.807) is 12.3 Å². The van der Waals surface area contributed by atoms with Crippen LogP contribution in [0, 0.1) is 6.92 Å². The van der Waals surface area contributed by atoms with Crippen LogP contribution in [0.3, 0.4) is 0 Å². The van der Waals surface area contributed by atoms with Crippen LogP contribution in [0.5, 0.6) is 0 Å². The molecule has 136 valence electrons. The second-order valence-corrected chi connectivity index (χ2v) is 7.35. The lowest BCUT2D eigenvalue weighted by atomic mass is 10.1. The van der Waals surface area contributed by atoms with Gasteiger partial charge < -0.3 is 4.74 Å². The molecular formula is C20H22N2O3S. The van der Waals surface area contributed by atoms with E-state index in [-0.39, 0.29) is 18.1 Å². The summed E-state index contributed by atoms with van der Waals surface area (Å²) in [5.41, 5.74) is 2.97. The number of fused-ring (bicyclic) bond motifs is 1. The summed E-state index contributed by atoms with van der Waals surface area (Å²) < 4.78 is 6.90. The van der Waals surface area contributed by atoms with E-state index in [0.717, 1.165) is 24.8 Å². The number of nitrogens with zero attached hydrogens (tertiary/aromatic N) is 2. The zero-order valence-corrected chi connectivity index (χ0v) is 16.1. The minimum atomic E-state index is -0.362. The number of esters is 1. The van der Waals surface area contributed by atoms with Crippen molar-refractivity contribution in [3.63, 3.8) is 0 Å². The van der Waals surface area contributed by atoms with Gasteiger partial charge >= 0.3 is 5.97 Å². The van der Waals surface area contributed by atoms with E-state index in [1.807, 2.05) is 19.1 Å². The first-order chi connectivity index (χ1) is 12.5. The minimum Gasteiger partial charge on any atom is -0.455 e. The summed E-state index contributed by atoms with van der Waals surface area (Å²) in [6, 6.07) is 7.03. The van der Waals surface area contributed by atoms with Crippen LogP contribution in [0.2, 0.25) is 0 Å². The van der Waals surface area contributed by atoms with Gasteiger partial charge in [-0.3, -0.25) is 9.20 Å². The Balaban J connectivity index is 1.79. The highest BCUT2D eigenvalue weighted by molar-refractivity contribution is 7.14. The van der Waals surface area contributed by atoms with Crippen molar-refractivity contribution in [2.24, 2.45) is 0 Å². The molecule has 0 radical (unpaired) electrons. The third-order valence-corrected chi connectivity index (χ3v) is 5.46. The molecule has 0 atom stereocenters. The Morgan fingerprint density at radius 3 is 2.85 bits per heavy atom. The maximum atomic E-state index is 12.4. The molecule has 0 amide bonds. The highest BCUT2D eigenvalue weighted by Gasteiger charge is 2.15. The average molecular weight is 370 g/mol. The fraction of sp³-hybridized carbons (Fsp3) is 0.350. The minimum absolute atomic E-state index is 0.0125. The molecule has 3 aromatic heterocycles. The van der Waals surface area contributed by atoms with Gasteiger partial charge in [0, 0.05) is 17.1 Å². The first-order valence-corrected chi connectivity index (χ1v) is 9.61. The summed E-state index contributed by atoms with van der Waals surface area (Å²) in [7, 11) is 0. The van der Waals surface area contributed by atoms with Gasteiger partial charge in [-0.1, -0.05) is 26.3 Å². The Bertz CT molecular complexity index is 1000. The zero-order valence-electron chi connectivity index (χ0n) is 15.2. The van der Waals surface area contributed by atoms with E-state index in [0.29, 0.717) is 16.2 Å². The van der Waals surface area contributed by atoms with E-state index in [9.17, 15) is 9.59 Å². The van der Waals surface area contributed by atoms with E-state index in [1.165, 1.54) is 32.2 Å². The molecule has 0 saturated heterocycles. The molecule has 5 nitrogen and oxygen atoms in total. The third kappa shape index (κ3) is 3.70. The molecule has 0 unspecified atom stereocenters. The van der Waals surface area contributed by atoms with Gasteiger partial charge in [0.1, 0.15) is 17.1 Å². The summed E-state index contributed by atoms with van der Waals surface area (Å²) in [6.45, 7) is 6.10. The van der Waals surface area contributed by atoms with Crippen LogP contribution in [0.4, 0.5) is 0 Å². The molecule has 0 fully saturated rings. The molecule has 3 aromatic rings. The monoisotopic (exact) mass is 370 g/mol. The predicted molar refractivity (Wildman–Crippen MR) is 103 cm³/mol. The Hall–Kier alpha value is -2.47. The number of ether oxygens (including phenoxy) is 1. The van der Waals surface area contributed by atoms with Crippen LogP contribution in [-0.4, -0.2) is 15.4 Å². The summed E-state index contributed by atoms with van der Waals surface area (Å²) >= 11 is 1.50. The number of aromatic nitrogens is 2. The Morgan fingerprint density at radius 1 is 1.31 bits per heavy atom. The van der Waals surface area contributed by atoms with Crippen molar-refractivity contribution in [2.45, 2.75) is 46.6 Å². The quantitative estimate of drug-likeness (QED) is 0.617. The second-order valence-electron chi connectivity index (χ2n) is 6.21. The van der Waals surface area contributed by atoms with Crippen molar-refractivity contribution >= 4 is 23.0 Å². The molecule has 0 aliphatic heterocycles. The molecule has 0 spiro atoms. The van der Waals surface area contributed by atoms with Gasteiger partial charge in [-0.25, -0.2) is 9.78 Å². The highest BCUT2D eigenvalue weighted by Crippen LogP contribution is 2.25. The van der Waals surface area contributed by atoms with Crippen LogP contribution in [-0.2, 0) is 24.2 Å². The molecule has 0 bridgehead atoms. The zero-order chi connectivity index (χ0) is 18.7. The molecule has 3 rings (SSSR count). The fourth-order valence-corrected chi connectivity index (χ4v) is 4.15. The fourth-order valence-electron chi connectivity index (χ4n) is 2.90. The van der Waals surface area contributed by atoms with Gasteiger partial charge in [-0.05, 0) is 43.0 Å². The summed E-state index contributed by atoms with van der Waals surface area (Å²) in [4.78, 5) is 30.9. The molecular weight excluding hydrogens is 348 g/mol. The van der Waals surface area contributed by atoms with Crippen molar-refractivity contribution in [3.8, 4) is 0 Å². The van der Waals surface area contributed by atoms with Crippen molar-refractivity contribution in [2.75, 3.05) is 0 Å². The van der Waals surface area contributed by atoms with Gasteiger partial charge in [-0.15, -0.1) is 11.3 Å². The number of hydrogen-bond donors (Lipinski definition) is 0. The smallest absolute Gasteiger partial charge is 0.348 e. The molecule has 0 aromatic carbocycles. The summed E-state index contributed by atoms with van der Waals surface area (Å²) in [5, 5.41) is 0. The topological polar surface area (TPSA) is 60.7 Å². The summed E-state index contributed by atoms with van der Waals surface area (Å²) in [5.74, 6) is -0.362. The SMILES string of the molecule is CCCc1sc(C(=O)OCc2cc(=O)n3cccc(C)c3n2)cc1CC. The Labute approximate surface area is 156 Å². The molecule has 0 N–H and O–H groups in total. The Kier molecular flexibility index (Phi) is 5.52. The predicted octanol–water partition coefficient (Wildman–Crippen LogP) is 3.94. The number of rotatable bonds is 6. The standard InChI is InChI=1S/C20H22N2O3S/c1-4-7-16-14(5-2)10-17(26-16)20(24)25-12-15-11-18(23)22-9-6-8-13(3)19(22)21-15/h6,8-11H,4-5,7,12H2,1-3H3. The maximum Gasteiger partial charge on any atom is 0.348 e. The first-order valence-electron chi connectivity index (χ1n) is 8.80. The number of thiophene rings is 1. The van der Waals surface area contributed by atoms with Crippen LogP contribution in [0.25, 0.3) is 5.65 Å². The van der Waals surface area contributed by atoms with Crippen LogP contribution < -0.4 is 5.56 Å². The van der Waals surface area contributed by atoms with Gasteiger partial charge in [-0.2, -0.15) is 0 Å².